The van der Waals surface area contributed by atoms with Gasteiger partial charge in [-0.2, -0.15) is 0 Å². The molecule has 0 aliphatic heterocycles. The minimum Gasteiger partial charge on any atom is -0.480 e. The van der Waals surface area contributed by atoms with Gasteiger partial charge < -0.3 is 15.7 Å². The van der Waals surface area contributed by atoms with Gasteiger partial charge in [0, 0.05) is 6.20 Å². The predicted octanol–water partition coefficient (Wildman–Crippen LogP) is 4.01. The Labute approximate surface area is 157 Å². The molecule has 26 heavy (non-hydrogen) atoms. The molecule has 2 atom stereocenters. The van der Waals surface area contributed by atoms with Crippen LogP contribution in [0.2, 0.25) is 0 Å². The van der Waals surface area contributed by atoms with Gasteiger partial charge in [0.25, 0.3) is 0 Å². The zero-order chi connectivity index (χ0) is 20.1. The molecule has 0 heterocycles. The second-order valence-electron chi connectivity index (χ2n) is 8.13. The van der Waals surface area contributed by atoms with Crippen LogP contribution >= 0.6 is 0 Å². The molecule has 0 aromatic heterocycles. The molecule has 0 aromatic rings. The third kappa shape index (κ3) is 5.31. The molecule has 146 valence electrons. The number of carbonyl (C=O) groups excluding carboxylic acids is 1. The topological polar surface area (TPSA) is 83.6 Å². The Morgan fingerprint density at radius 3 is 2.50 bits per heavy atom. The van der Waals surface area contributed by atoms with E-state index >= 15 is 0 Å². The first-order valence-electron chi connectivity index (χ1n) is 9.33. The molecule has 0 saturated carbocycles. The number of nitrogens with two attached hydrogens (primary N) is 1. The van der Waals surface area contributed by atoms with Gasteiger partial charge in [0.05, 0.1) is 5.54 Å². The molecule has 5 heteroatoms. The van der Waals surface area contributed by atoms with Crippen LogP contribution in [0.3, 0.4) is 0 Å². The maximum absolute atomic E-state index is 12.6. The van der Waals surface area contributed by atoms with Gasteiger partial charge in [0.1, 0.15) is 6.04 Å². The fourth-order valence-electron chi connectivity index (χ4n) is 3.24. The highest BCUT2D eigenvalue weighted by molar-refractivity contribution is 5.90. The van der Waals surface area contributed by atoms with E-state index in [1.807, 2.05) is 13.0 Å². The van der Waals surface area contributed by atoms with E-state index in [0.29, 0.717) is 6.42 Å². The summed E-state index contributed by atoms with van der Waals surface area (Å²) >= 11 is 0. The minimum atomic E-state index is -1.09. The van der Waals surface area contributed by atoms with Gasteiger partial charge in [-0.25, -0.2) is 4.79 Å². The molecule has 1 amide bonds. The van der Waals surface area contributed by atoms with Crippen molar-refractivity contribution in [1.82, 2.24) is 4.90 Å². The molecule has 0 radical (unpaired) electrons. The van der Waals surface area contributed by atoms with E-state index in [1.54, 1.807) is 13.0 Å². The first-order valence-corrected chi connectivity index (χ1v) is 9.33. The fraction of sp³-hybridized carbons (Fsp3) is 0.619. The number of aliphatic carboxylic acids is 1. The standard InChI is InChI=1S/C21H34N2O3/c1-7-21(6,22)19(26)23(16(3)18(24)25)14-9-8-12-17-15(2)11-10-13-20(17,4)5/h8-9,12,14,16H,7,10-11,13,22H2,1-6H3,(H,24,25)/b12-8+,14-9+/t16-,21-/m0/s1. The van der Waals surface area contributed by atoms with Crippen molar-refractivity contribution in [3.05, 3.63) is 35.6 Å². The summed E-state index contributed by atoms with van der Waals surface area (Å²) in [6.45, 7) is 11.6. The second kappa shape index (κ2) is 8.67. The smallest absolute Gasteiger partial charge is 0.326 e. The monoisotopic (exact) mass is 362 g/mol. The van der Waals surface area contributed by atoms with Crippen molar-refractivity contribution in [2.45, 2.75) is 78.8 Å². The normalized spacial score (nSPS) is 21.0. The molecular weight excluding hydrogens is 328 g/mol. The van der Waals surface area contributed by atoms with E-state index in [-0.39, 0.29) is 5.41 Å². The zero-order valence-electron chi connectivity index (χ0n) is 17.0. The minimum absolute atomic E-state index is 0.134. The van der Waals surface area contributed by atoms with Crippen molar-refractivity contribution in [3.63, 3.8) is 0 Å². The van der Waals surface area contributed by atoms with Gasteiger partial charge in [-0.1, -0.05) is 38.5 Å². The molecule has 1 rings (SSSR count). The third-order valence-electron chi connectivity index (χ3n) is 5.40. The fourth-order valence-corrected chi connectivity index (χ4v) is 3.24. The quantitative estimate of drug-likeness (QED) is 0.670. The summed E-state index contributed by atoms with van der Waals surface area (Å²) in [7, 11) is 0. The van der Waals surface area contributed by atoms with Crippen LogP contribution in [0.5, 0.6) is 0 Å². The molecule has 0 bridgehead atoms. The van der Waals surface area contributed by atoms with E-state index in [0.717, 1.165) is 12.8 Å². The average Bonchev–Trinajstić information content (AvgIpc) is 2.55. The number of hydrogen-bond acceptors (Lipinski definition) is 3. The Bertz CT molecular complexity index is 627. The lowest BCUT2D eigenvalue weighted by Crippen LogP contribution is -2.54. The highest BCUT2D eigenvalue weighted by Crippen LogP contribution is 2.40. The lowest BCUT2D eigenvalue weighted by Gasteiger charge is -2.33. The van der Waals surface area contributed by atoms with Crippen LogP contribution in [0.15, 0.2) is 35.6 Å². The van der Waals surface area contributed by atoms with Crippen LogP contribution in [-0.4, -0.2) is 33.5 Å². The van der Waals surface area contributed by atoms with Gasteiger partial charge in [-0.3, -0.25) is 4.79 Å². The van der Waals surface area contributed by atoms with Crippen LogP contribution in [-0.2, 0) is 9.59 Å². The molecular formula is C21H34N2O3. The zero-order valence-corrected chi connectivity index (χ0v) is 17.0. The van der Waals surface area contributed by atoms with Crippen molar-refractivity contribution < 1.29 is 14.7 Å². The Hall–Kier alpha value is -1.88. The van der Waals surface area contributed by atoms with Crippen LogP contribution in [0.1, 0.15) is 67.2 Å². The maximum Gasteiger partial charge on any atom is 0.326 e. The largest absolute Gasteiger partial charge is 0.480 e. The molecule has 0 spiro atoms. The average molecular weight is 363 g/mol. The Morgan fingerprint density at radius 2 is 2.00 bits per heavy atom. The van der Waals surface area contributed by atoms with Crippen molar-refractivity contribution >= 4 is 11.9 Å². The number of nitrogens with zero attached hydrogens (tertiary/aromatic N) is 1. The van der Waals surface area contributed by atoms with E-state index in [9.17, 15) is 14.7 Å². The Balaban J connectivity index is 3.05. The summed E-state index contributed by atoms with van der Waals surface area (Å²) in [5, 5.41) is 9.31. The molecule has 1 aliphatic rings. The summed E-state index contributed by atoms with van der Waals surface area (Å²) in [4.78, 5) is 25.2. The lowest BCUT2D eigenvalue weighted by molar-refractivity contribution is -0.149. The number of allylic oxidation sites excluding steroid dienone is 5. The molecule has 0 aromatic carbocycles. The van der Waals surface area contributed by atoms with Crippen molar-refractivity contribution in [1.29, 1.82) is 0 Å². The number of carboxylic acids is 1. The van der Waals surface area contributed by atoms with Crippen LogP contribution in [0.4, 0.5) is 0 Å². The van der Waals surface area contributed by atoms with Crippen LogP contribution in [0.25, 0.3) is 0 Å². The molecule has 3 N–H and O–H groups in total. The van der Waals surface area contributed by atoms with Crippen molar-refractivity contribution in [2.24, 2.45) is 11.1 Å². The van der Waals surface area contributed by atoms with Gasteiger partial charge in [-0.05, 0) is 63.5 Å². The Kier molecular flexibility index (Phi) is 7.39. The number of carboxylic acid groups (broad SMARTS) is 1. The Morgan fingerprint density at radius 1 is 1.38 bits per heavy atom. The summed E-state index contributed by atoms with van der Waals surface area (Å²) in [6, 6.07) is -0.978. The summed E-state index contributed by atoms with van der Waals surface area (Å²) in [5.74, 6) is -1.46. The van der Waals surface area contributed by atoms with E-state index in [2.05, 4.69) is 26.8 Å². The number of rotatable bonds is 7. The number of carbonyl (C=O) groups is 2. The molecule has 0 fully saturated rings. The third-order valence-corrected chi connectivity index (χ3v) is 5.40. The van der Waals surface area contributed by atoms with E-state index in [1.165, 1.54) is 35.6 Å². The van der Waals surface area contributed by atoms with Gasteiger partial charge in [0.2, 0.25) is 5.91 Å². The summed E-state index contributed by atoms with van der Waals surface area (Å²) in [6.07, 6.45) is 11.1. The van der Waals surface area contributed by atoms with Gasteiger partial charge in [0.15, 0.2) is 0 Å². The van der Waals surface area contributed by atoms with Gasteiger partial charge in [-0.15, -0.1) is 0 Å². The van der Waals surface area contributed by atoms with E-state index in [4.69, 9.17) is 5.73 Å². The highest BCUT2D eigenvalue weighted by Gasteiger charge is 2.34. The summed E-state index contributed by atoms with van der Waals surface area (Å²) < 4.78 is 0. The lowest BCUT2D eigenvalue weighted by atomic mass is 9.73. The molecule has 0 saturated heterocycles. The van der Waals surface area contributed by atoms with Gasteiger partial charge >= 0.3 is 5.97 Å². The molecule has 5 nitrogen and oxygen atoms in total. The van der Waals surface area contributed by atoms with Crippen molar-refractivity contribution in [3.8, 4) is 0 Å². The van der Waals surface area contributed by atoms with Crippen LogP contribution < -0.4 is 5.73 Å². The van der Waals surface area contributed by atoms with Crippen LogP contribution in [0, 0.1) is 5.41 Å². The number of amides is 1. The maximum atomic E-state index is 12.6. The first-order chi connectivity index (χ1) is 11.9. The second-order valence-corrected chi connectivity index (χ2v) is 8.13. The SMILES string of the molecule is CC[C@](C)(N)C(=O)N(/C=C/C=C/C1=C(C)CCCC1(C)C)[C@@H](C)C(=O)O. The number of hydrogen-bond donors (Lipinski definition) is 2. The predicted molar refractivity (Wildman–Crippen MR) is 105 cm³/mol. The van der Waals surface area contributed by atoms with E-state index < -0.39 is 23.5 Å². The highest BCUT2D eigenvalue weighted by atomic mass is 16.4. The molecule has 1 aliphatic carbocycles. The summed E-state index contributed by atoms with van der Waals surface area (Å²) in [5.41, 5.74) is 7.77. The molecule has 0 unspecified atom stereocenters. The van der Waals surface area contributed by atoms with Crippen molar-refractivity contribution in [2.75, 3.05) is 0 Å². The first kappa shape index (κ1) is 22.2.